The summed E-state index contributed by atoms with van der Waals surface area (Å²) < 4.78 is 7.23. The highest BCUT2D eigenvalue weighted by molar-refractivity contribution is 7.98. The van der Waals surface area contributed by atoms with Crippen LogP contribution in [0.15, 0.2) is 46.2 Å². The van der Waals surface area contributed by atoms with Crippen molar-refractivity contribution >= 4 is 23.4 Å². The zero-order chi connectivity index (χ0) is 18.7. The topological polar surface area (TPSA) is 130 Å². The van der Waals surface area contributed by atoms with Crippen molar-refractivity contribution in [1.29, 1.82) is 0 Å². The van der Waals surface area contributed by atoms with E-state index in [0.29, 0.717) is 34.6 Å². The second kappa shape index (κ2) is 7.40. The molecule has 0 aliphatic heterocycles. The Hall–Kier alpha value is -3.14. The summed E-state index contributed by atoms with van der Waals surface area (Å²) in [6, 6.07) is 7.75. The summed E-state index contributed by atoms with van der Waals surface area (Å²) in [7, 11) is 0. The standard InChI is InChI=1S/C16H15N5O4S/c1-2-20-15(13-4-3-7-25-13)18-19-16(20)26-9-11-6-5-10(14(17)22)8-12(11)21(23)24/h3-8H,2,9H2,1H3,(H2,17,22). The third-order valence-corrected chi connectivity index (χ3v) is 4.71. The van der Waals surface area contributed by atoms with Gasteiger partial charge >= 0.3 is 0 Å². The lowest BCUT2D eigenvalue weighted by atomic mass is 10.1. The first kappa shape index (κ1) is 17.7. The number of nitro benzene ring substituents is 1. The van der Waals surface area contributed by atoms with Gasteiger partial charge in [-0.2, -0.15) is 0 Å². The van der Waals surface area contributed by atoms with Gasteiger partial charge in [-0.1, -0.05) is 17.8 Å². The van der Waals surface area contributed by atoms with Crippen LogP contribution in [0.1, 0.15) is 22.8 Å². The molecule has 0 saturated carbocycles. The molecule has 0 bridgehead atoms. The predicted molar refractivity (Wildman–Crippen MR) is 94.6 cm³/mol. The van der Waals surface area contributed by atoms with Gasteiger partial charge in [0.15, 0.2) is 16.7 Å². The molecule has 2 N–H and O–H groups in total. The molecule has 3 rings (SSSR count). The van der Waals surface area contributed by atoms with Gasteiger partial charge in [-0.3, -0.25) is 19.5 Å². The minimum absolute atomic E-state index is 0.0993. The number of carbonyl (C=O) groups excluding carboxylic acids is 1. The Balaban J connectivity index is 1.86. The zero-order valence-corrected chi connectivity index (χ0v) is 14.6. The summed E-state index contributed by atoms with van der Waals surface area (Å²) in [5.41, 5.74) is 5.60. The number of nitro groups is 1. The number of nitrogens with zero attached hydrogens (tertiary/aromatic N) is 4. The maximum Gasteiger partial charge on any atom is 0.274 e. The maximum absolute atomic E-state index is 11.3. The Morgan fingerprint density at radius 1 is 1.38 bits per heavy atom. The third kappa shape index (κ3) is 3.45. The van der Waals surface area contributed by atoms with Crippen molar-refractivity contribution in [1.82, 2.24) is 14.8 Å². The average Bonchev–Trinajstić information content (AvgIpc) is 3.28. The average molecular weight is 373 g/mol. The third-order valence-electron chi connectivity index (χ3n) is 3.70. The number of aromatic nitrogens is 3. The lowest BCUT2D eigenvalue weighted by molar-refractivity contribution is -0.385. The van der Waals surface area contributed by atoms with Crippen LogP contribution in [0.4, 0.5) is 5.69 Å². The maximum atomic E-state index is 11.3. The van der Waals surface area contributed by atoms with Crippen LogP contribution in [0.2, 0.25) is 0 Å². The summed E-state index contributed by atoms with van der Waals surface area (Å²) in [5, 5.41) is 20.2. The molecule has 26 heavy (non-hydrogen) atoms. The Morgan fingerprint density at radius 3 is 2.81 bits per heavy atom. The van der Waals surface area contributed by atoms with Crippen molar-refractivity contribution in [3.63, 3.8) is 0 Å². The van der Waals surface area contributed by atoms with Gasteiger partial charge in [0.05, 0.1) is 11.2 Å². The van der Waals surface area contributed by atoms with Crippen molar-refractivity contribution in [2.24, 2.45) is 5.73 Å². The largest absolute Gasteiger partial charge is 0.461 e. The van der Waals surface area contributed by atoms with Crippen LogP contribution in [0, 0.1) is 10.1 Å². The minimum atomic E-state index is -0.707. The quantitative estimate of drug-likeness (QED) is 0.383. The molecule has 0 radical (unpaired) electrons. The minimum Gasteiger partial charge on any atom is -0.461 e. The van der Waals surface area contributed by atoms with Crippen molar-refractivity contribution in [2.45, 2.75) is 24.4 Å². The number of rotatable bonds is 7. The summed E-state index contributed by atoms with van der Waals surface area (Å²) in [5.74, 6) is 0.786. The second-order valence-corrected chi connectivity index (χ2v) is 6.22. The highest BCUT2D eigenvalue weighted by Crippen LogP contribution is 2.30. The van der Waals surface area contributed by atoms with Crippen LogP contribution in [-0.2, 0) is 12.3 Å². The van der Waals surface area contributed by atoms with E-state index in [1.807, 2.05) is 11.5 Å². The van der Waals surface area contributed by atoms with Gasteiger partial charge in [0, 0.05) is 29.5 Å². The summed E-state index contributed by atoms with van der Waals surface area (Å²) >= 11 is 1.32. The molecule has 134 valence electrons. The fourth-order valence-corrected chi connectivity index (χ4v) is 3.42. The number of benzene rings is 1. The molecule has 9 nitrogen and oxygen atoms in total. The monoisotopic (exact) mass is 373 g/mol. The smallest absolute Gasteiger partial charge is 0.274 e. The van der Waals surface area contributed by atoms with Crippen LogP contribution >= 0.6 is 11.8 Å². The van der Waals surface area contributed by atoms with Gasteiger partial charge in [0.25, 0.3) is 5.69 Å². The Kier molecular flexibility index (Phi) is 5.03. The number of nitrogens with two attached hydrogens (primary N) is 1. The number of furan rings is 1. The second-order valence-electron chi connectivity index (χ2n) is 5.28. The van der Waals surface area contributed by atoms with Gasteiger partial charge in [0.1, 0.15) is 0 Å². The summed E-state index contributed by atoms with van der Waals surface area (Å²) in [6.07, 6.45) is 1.56. The van der Waals surface area contributed by atoms with E-state index >= 15 is 0 Å². The molecule has 3 aromatic rings. The lowest BCUT2D eigenvalue weighted by Gasteiger charge is -2.07. The first-order chi connectivity index (χ1) is 12.5. The van der Waals surface area contributed by atoms with E-state index in [2.05, 4.69) is 10.2 Å². The van der Waals surface area contributed by atoms with E-state index in [1.165, 1.54) is 30.0 Å². The van der Waals surface area contributed by atoms with Gasteiger partial charge in [-0.25, -0.2) is 0 Å². The van der Waals surface area contributed by atoms with Crippen LogP contribution in [-0.4, -0.2) is 25.6 Å². The fourth-order valence-electron chi connectivity index (χ4n) is 2.42. The van der Waals surface area contributed by atoms with Crippen molar-refractivity contribution in [2.75, 3.05) is 0 Å². The first-order valence-electron chi connectivity index (χ1n) is 7.68. The molecule has 0 spiro atoms. The molecular weight excluding hydrogens is 358 g/mol. The SMILES string of the molecule is CCn1c(SCc2ccc(C(N)=O)cc2[N+](=O)[O-])nnc1-c1ccco1. The number of amides is 1. The molecule has 0 fully saturated rings. The normalized spacial score (nSPS) is 10.8. The molecule has 0 unspecified atom stereocenters. The molecule has 1 amide bonds. The van der Waals surface area contributed by atoms with Gasteiger partial charge in [-0.05, 0) is 25.1 Å². The molecule has 2 heterocycles. The predicted octanol–water partition coefficient (Wildman–Crippen LogP) is 2.86. The highest BCUT2D eigenvalue weighted by atomic mass is 32.2. The highest BCUT2D eigenvalue weighted by Gasteiger charge is 2.19. The van der Waals surface area contributed by atoms with Crippen LogP contribution in [0.3, 0.4) is 0 Å². The van der Waals surface area contributed by atoms with E-state index < -0.39 is 10.8 Å². The van der Waals surface area contributed by atoms with E-state index in [0.717, 1.165) is 0 Å². The number of hydrogen-bond donors (Lipinski definition) is 1. The summed E-state index contributed by atoms with van der Waals surface area (Å²) in [6.45, 7) is 2.57. The van der Waals surface area contributed by atoms with E-state index in [1.54, 1.807) is 18.4 Å². The lowest BCUT2D eigenvalue weighted by Crippen LogP contribution is -2.11. The van der Waals surface area contributed by atoms with Crippen molar-refractivity contribution in [3.05, 3.63) is 57.8 Å². The molecule has 10 heteroatoms. The molecule has 2 aromatic heterocycles. The van der Waals surface area contributed by atoms with Crippen LogP contribution < -0.4 is 5.73 Å². The van der Waals surface area contributed by atoms with E-state index in [-0.39, 0.29) is 11.3 Å². The Bertz CT molecular complexity index is 952. The van der Waals surface area contributed by atoms with E-state index in [4.69, 9.17) is 10.2 Å². The number of thioether (sulfide) groups is 1. The van der Waals surface area contributed by atoms with E-state index in [9.17, 15) is 14.9 Å². The summed E-state index contributed by atoms with van der Waals surface area (Å²) in [4.78, 5) is 22.0. The molecule has 0 saturated heterocycles. The van der Waals surface area contributed by atoms with Crippen LogP contribution in [0.25, 0.3) is 11.6 Å². The Labute approximate surface area is 152 Å². The molecular formula is C16H15N5O4S. The molecule has 0 aliphatic rings. The van der Waals surface area contributed by atoms with Gasteiger partial charge in [-0.15, -0.1) is 10.2 Å². The number of primary amides is 1. The van der Waals surface area contributed by atoms with Crippen molar-refractivity contribution in [3.8, 4) is 11.6 Å². The zero-order valence-electron chi connectivity index (χ0n) is 13.8. The fraction of sp³-hybridized carbons (Fsp3) is 0.188. The van der Waals surface area contributed by atoms with Crippen LogP contribution in [0.5, 0.6) is 0 Å². The first-order valence-corrected chi connectivity index (χ1v) is 8.66. The molecule has 1 aromatic carbocycles. The van der Waals surface area contributed by atoms with Gasteiger partial charge < -0.3 is 10.2 Å². The number of hydrogen-bond acceptors (Lipinski definition) is 7. The molecule has 0 atom stereocenters. The molecule has 0 aliphatic carbocycles. The Morgan fingerprint density at radius 2 is 2.19 bits per heavy atom. The van der Waals surface area contributed by atoms with Gasteiger partial charge in [0.2, 0.25) is 5.91 Å². The van der Waals surface area contributed by atoms with Crippen molar-refractivity contribution < 1.29 is 14.1 Å². The number of carbonyl (C=O) groups is 1.